The molecule has 0 N–H and O–H groups in total. The highest BCUT2D eigenvalue weighted by Gasteiger charge is 2.45. The molecule has 0 aromatic carbocycles. The maximum atomic E-state index is 11.8. The Morgan fingerprint density at radius 1 is 1.04 bits per heavy atom. The van der Waals surface area contributed by atoms with E-state index in [0.29, 0.717) is 12.2 Å². The fraction of sp³-hybridized carbons (Fsp3) is 0.850. The Morgan fingerprint density at radius 3 is 1.96 bits per heavy atom. The summed E-state index contributed by atoms with van der Waals surface area (Å²) in [6.45, 7) is 22.4. The van der Waals surface area contributed by atoms with Gasteiger partial charge in [0.1, 0.15) is 18.5 Å². The highest BCUT2D eigenvalue weighted by atomic mass is 28.4. The van der Waals surface area contributed by atoms with E-state index in [-0.39, 0.29) is 16.2 Å². The molecule has 5 nitrogen and oxygen atoms in total. The van der Waals surface area contributed by atoms with Gasteiger partial charge in [0.15, 0.2) is 22.9 Å². The molecule has 0 fully saturated rings. The molecule has 27 heavy (non-hydrogen) atoms. The normalized spacial score (nSPS) is 25.3. The van der Waals surface area contributed by atoms with Gasteiger partial charge in [0.25, 0.3) is 0 Å². The van der Waals surface area contributed by atoms with E-state index in [2.05, 4.69) is 67.7 Å². The van der Waals surface area contributed by atoms with Crippen LogP contribution < -0.4 is 0 Å². The first-order chi connectivity index (χ1) is 12.1. The van der Waals surface area contributed by atoms with E-state index in [9.17, 15) is 4.79 Å². The van der Waals surface area contributed by atoms with Crippen LogP contribution >= 0.6 is 0 Å². The van der Waals surface area contributed by atoms with Gasteiger partial charge in [-0.05, 0) is 42.3 Å². The average Bonchev–Trinajstić information content (AvgIpc) is 2.51. The maximum absolute atomic E-state index is 11.8. The van der Waals surface area contributed by atoms with Crippen molar-refractivity contribution in [2.45, 2.75) is 96.3 Å². The number of aldehydes is 1. The Labute approximate surface area is 168 Å². The van der Waals surface area contributed by atoms with E-state index < -0.39 is 29.0 Å². The molecule has 0 radical (unpaired) electrons. The maximum Gasteiger partial charge on any atom is 0.193 e. The van der Waals surface area contributed by atoms with Crippen LogP contribution in [0.3, 0.4) is 0 Å². The number of ether oxygens (including phenoxy) is 2. The summed E-state index contributed by atoms with van der Waals surface area (Å²) in [5.74, 6) is 0. The van der Waals surface area contributed by atoms with Crippen molar-refractivity contribution in [3.05, 3.63) is 11.6 Å². The summed E-state index contributed by atoms with van der Waals surface area (Å²) in [5.41, 5.74) is 0.585. The van der Waals surface area contributed by atoms with Gasteiger partial charge in [-0.25, -0.2) is 0 Å². The predicted octanol–water partition coefficient (Wildman–Crippen LogP) is 4.90. The quantitative estimate of drug-likeness (QED) is 0.436. The van der Waals surface area contributed by atoms with Crippen LogP contribution in [0.5, 0.6) is 0 Å². The first-order valence-electron chi connectivity index (χ1n) is 9.72. The van der Waals surface area contributed by atoms with Gasteiger partial charge in [0.2, 0.25) is 0 Å². The van der Waals surface area contributed by atoms with E-state index in [1.165, 1.54) is 0 Å². The third-order valence-corrected chi connectivity index (χ3v) is 15.3. The van der Waals surface area contributed by atoms with Crippen molar-refractivity contribution in [1.82, 2.24) is 0 Å². The van der Waals surface area contributed by atoms with Crippen LogP contribution in [0.25, 0.3) is 0 Å². The van der Waals surface area contributed by atoms with Crippen LogP contribution in [0, 0.1) is 0 Å². The zero-order valence-corrected chi connectivity index (χ0v) is 21.1. The number of methoxy groups -OCH3 is 1. The first kappa shape index (κ1) is 24.7. The molecule has 0 unspecified atom stereocenters. The summed E-state index contributed by atoms with van der Waals surface area (Å²) >= 11 is 0. The van der Waals surface area contributed by atoms with Gasteiger partial charge < -0.3 is 18.3 Å². The molecule has 1 aliphatic heterocycles. The molecule has 1 aliphatic rings. The van der Waals surface area contributed by atoms with Crippen LogP contribution in [0.1, 0.15) is 41.5 Å². The van der Waals surface area contributed by atoms with Crippen LogP contribution in [-0.2, 0) is 23.1 Å². The molecule has 7 heteroatoms. The topological polar surface area (TPSA) is 54.0 Å². The van der Waals surface area contributed by atoms with Crippen molar-refractivity contribution >= 4 is 22.9 Å². The van der Waals surface area contributed by atoms with E-state index in [0.717, 1.165) is 6.29 Å². The van der Waals surface area contributed by atoms with Crippen LogP contribution in [0.2, 0.25) is 36.3 Å². The van der Waals surface area contributed by atoms with Crippen LogP contribution in [0.4, 0.5) is 0 Å². The monoisotopic (exact) mass is 416 g/mol. The van der Waals surface area contributed by atoms with Gasteiger partial charge in [-0.2, -0.15) is 0 Å². The van der Waals surface area contributed by atoms with E-state index >= 15 is 0 Å². The second-order valence-electron chi connectivity index (χ2n) is 10.4. The Morgan fingerprint density at radius 2 is 1.56 bits per heavy atom. The number of carbonyl (C=O) groups excluding carboxylic acids is 1. The first-order valence-corrected chi connectivity index (χ1v) is 15.5. The second kappa shape index (κ2) is 8.59. The van der Waals surface area contributed by atoms with Crippen LogP contribution in [-0.4, -0.2) is 55.1 Å². The highest BCUT2D eigenvalue weighted by Crippen LogP contribution is 2.40. The summed E-state index contributed by atoms with van der Waals surface area (Å²) in [6, 6.07) is 0. The van der Waals surface area contributed by atoms with E-state index in [1.807, 2.05) is 0 Å². The third kappa shape index (κ3) is 6.08. The van der Waals surface area contributed by atoms with Crippen molar-refractivity contribution < 1.29 is 23.1 Å². The lowest BCUT2D eigenvalue weighted by molar-refractivity contribution is -0.168. The zero-order chi connectivity index (χ0) is 21.3. The molecule has 3 atom stereocenters. The molecular weight excluding hydrogens is 376 g/mol. The lowest BCUT2D eigenvalue weighted by atomic mass is 10.0. The smallest absolute Gasteiger partial charge is 0.193 e. The molecule has 1 rings (SSSR count). The van der Waals surface area contributed by atoms with Gasteiger partial charge in [-0.1, -0.05) is 41.5 Å². The van der Waals surface area contributed by atoms with Gasteiger partial charge >= 0.3 is 0 Å². The van der Waals surface area contributed by atoms with Crippen molar-refractivity contribution in [2.24, 2.45) is 0 Å². The van der Waals surface area contributed by atoms with Gasteiger partial charge in [-0.3, -0.25) is 4.79 Å². The minimum Gasteiger partial charge on any atom is -0.414 e. The van der Waals surface area contributed by atoms with Crippen molar-refractivity contribution in [3.63, 3.8) is 0 Å². The number of hydrogen-bond donors (Lipinski definition) is 0. The highest BCUT2D eigenvalue weighted by molar-refractivity contribution is 6.74. The van der Waals surface area contributed by atoms with Gasteiger partial charge in [0.05, 0.1) is 6.61 Å². The standard InChI is InChI=1S/C20H40O5Si2/c1-19(2,3)26(8,9)23-14-16-18(25-27(10,11)20(4,5)6)15(13-21)12-17(22-7)24-16/h12-13,16-18H,14H2,1-11H3/t16-,17+,18+/m1/s1. The lowest BCUT2D eigenvalue weighted by Gasteiger charge is -2.44. The molecule has 0 aromatic rings. The van der Waals surface area contributed by atoms with Gasteiger partial charge in [-0.15, -0.1) is 0 Å². The Bertz CT molecular complexity index is 544. The number of hydrogen-bond acceptors (Lipinski definition) is 5. The fourth-order valence-electron chi connectivity index (χ4n) is 2.25. The second-order valence-corrected chi connectivity index (χ2v) is 20.0. The molecule has 0 aromatic heterocycles. The molecule has 0 saturated heterocycles. The van der Waals surface area contributed by atoms with Crippen LogP contribution in [0.15, 0.2) is 11.6 Å². The molecule has 0 bridgehead atoms. The third-order valence-electron chi connectivity index (χ3n) is 6.31. The minimum atomic E-state index is -2.10. The van der Waals surface area contributed by atoms with E-state index in [4.69, 9.17) is 18.3 Å². The fourth-order valence-corrected chi connectivity index (χ4v) is 4.54. The number of rotatable bonds is 7. The largest absolute Gasteiger partial charge is 0.414 e. The van der Waals surface area contributed by atoms with Crippen molar-refractivity contribution in [3.8, 4) is 0 Å². The van der Waals surface area contributed by atoms with Crippen molar-refractivity contribution in [2.75, 3.05) is 13.7 Å². The summed E-state index contributed by atoms with van der Waals surface area (Å²) in [4.78, 5) is 11.8. The Kier molecular flexibility index (Phi) is 7.86. The predicted molar refractivity (Wildman–Crippen MR) is 115 cm³/mol. The summed E-state index contributed by atoms with van der Waals surface area (Å²) < 4.78 is 24.4. The molecule has 0 saturated carbocycles. The molecule has 0 spiro atoms. The average molecular weight is 417 g/mol. The SMILES string of the molecule is CO[C@@H]1C=C(C=O)[C@H](O[Si](C)(C)C(C)(C)C)[C@@H](CO[Si](C)(C)C(C)(C)C)O1. The summed E-state index contributed by atoms with van der Waals surface area (Å²) in [5, 5.41) is 0.130. The Hall–Kier alpha value is -0.316. The lowest BCUT2D eigenvalue weighted by Crippen LogP contribution is -2.53. The molecule has 0 aliphatic carbocycles. The molecule has 1 heterocycles. The zero-order valence-electron chi connectivity index (χ0n) is 19.1. The Balaban J connectivity index is 3.13. The summed E-state index contributed by atoms with van der Waals surface area (Å²) in [7, 11) is -2.48. The van der Waals surface area contributed by atoms with Crippen molar-refractivity contribution in [1.29, 1.82) is 0 Å². The minimum absolute atomic E-state index is 0.0317. The number of carbonyl (C=O) groups is 1. The van der Waals surface area contributed by atoms with Gasteiger partial charge in [0, 0.05) is 12.7 Å². The molecule has 0 amide bonds. The molecule has 158 valence electrons. The molecular formula is C20H40O5Si2. The van der Waals surface area contributed by atoms with E-state index in [1.54, 1.807) is 13.2 Å². The summed E-state index contributed by atoms with van der Waals surface area (Å²) in [6.07, 6.45) is 1.22.